The average molecular weight is 242 g/mol. The molecule has 0 unspecified atom stereocenters. The van der Waals surface area contributed by atoms with Crippen molar-refractivity contribution in [2.24, 2.45) is 5.73 Å². The summed E-state index contributed by atoms with van der Waals surface area (Å²) in [4.78, 5) is 0. The van der Waals surface area contributed by atoms with Crippen LogP contribution in [0.5, 0.6) is 11.5 Å². The third-order valence-electron chi connectivity index (χ3n) is 2.77. The van der Waals surface area contributed by atoms with E-state index in [0.29, 0.717) is 30.5 Å². The van der Waals surface area contributed by atoms with Crippen LogP contribution in [-0.2, 0) is 6.42 Å². The van der Waals surface area contributed by atoms with Gasteiger partial charge in [-0.3, -0.25) is 0 Å². The molecule has 0 atom stereocenters. The van der Waals surface area contributed by atoms with Gasteiger partial charge in [0.25, 0.3) is 0 Å². The normalized spacial score (nSPS) is 13.9. The number of benzene rings is 1. The van der Waals surface area contributed by atoms with Gasteiger partial charge in [0.05, 0.1) is 5.02 Å². The fraction of sp³-hybridized carbons (Fsp3) is 0.500. The standard InChI is InChI=1S/C12H16ClNO2/c1-8-9(3-2-4-14)7-10(13)12-11(8)15-5-6-16-12/h7H,2-6,14H2,1H3. The Morgan fingerprint density at radius 1 is 1.31 bits per heavy atom. The molecule has 1 heterocycles. The Bertz CT molecular complexity index is 393. The van der Waals surface area contributed by atoms with Gasteiger partial charge in [0.15, 0.2) is 11.5 Å². The highest BCUT2D eigenvalue weighted by molar-refractivity contribution is 6.32. The summed E-state index contributed by atoms with van der Waals surface area (Å²) in [7, 11) is 0. The molecule has 0 bridgehead atoms. The lowest BCUT2D eigenvalue weighted by Crippen LogP contribution is -2.17. The summed E-state index contributed by atoms with van der Waals surface area (Å²) in [5.41, 5.74) is 7.83. The Hall–Kier alpha value is -0.930. The first-order valence-corrected chi connectivity index (χ1v) is 5.89. The molecule has 0 radical (unpaired) electrons. The predicted molar refractivity (Wildman–Crippen MR) is 64.6 cm³/mol. The summed E-state index contributed by atoms with van der Waals surface area (Å²) in [5, 5.41) is 0.632. The van der Waals surface area contributed by atoms with Crippen LogP contribution in [-0.4, -0.2) is 19.8 Å². The van der Waals surface area contributed by atoms with Gasteiger partial charge in [-0.15, -0.1) is 0 Å². The lowest BCUT2D eigenvalue weighted by molar-refractivity contribution is 0.170. The van der Waals surface area contributed by atoms with Gasteiger partial charge in [-0.2, -0.15) is 0 Å². The Morgan fingerprint density at radius 2 is 2.00 bits per heavy atom. The second-order valence-electron chi connectivity index (χ2n) is 3.89. The van der Waals surface area contributed by atoms with E-state index in [1.54, 1.807) is 0 Å². The molecule has 1 aromatic rings. The number of aryl methyl sites for hydroxylation is 1. The highest BCUT2D eigenvalue weighted by Gasteiger charge is 2.20. The van der Waals surface area contributed by atoms with Gasteiger partial charge in [-0.05, 0) is 43.5 Å². The maximum absolute atomic E-state index is 6.16. The predicted octanol–water partition coefficient (Wildman–Crippen LogP) is 2.31. The molecular formula is C12H16ClNO2. The van der Waals surface area contributed by atoms with E-state index in [1.165, 1.54) is 5.56 Å². The zero-order valence-electron chi connectivity index (χ0n) is 9.38. The maximum atomic E-state index is 6.16. The maximum Gasteiger partial charge on any atom is 0.180 e. The van der Waals surface area contributed by atoms with Crippen LogP contribution in [0, 0.1) is 6.92 Å². The van der Waals surface area contributed by atoms with E-state index < -0.39 is 0 Å². The van der Waals surface area contributed by atoms with Crippen molar-refractivity contribution in [3.8, 4) is 11.5 Å². The zero-order valence-corrected chi connectivity index (χ0v) is 10.1. The molecule has 0 spiro atoms. The quantitative estimate of drug-likeness (QED) is 0.883. The first kappa shape index (κ1) is 11.6. The summed E-state index contributed by atoms with van der Waals surface area (Å²) in [6, 6.07) is 1.96. The fourth-order valence-corrected chi connectivity index (χ4v) is 2.17. The summed E-state index contributed by atoms with van der Waals surface area (Å²) in [5.74, 6) is 1.48. The second kappa shape index (κ2) is 4.93. The number of halogens is 1. The van der Waals surface area contributed by atoms with E-state index in [0.717, 1.165) is 24.2 Å². The molecule has 0 amide bonds. The van der Waals surface area contributed by atoms with Gasteiger partial charge >= 0.3 is 0 Å². The van der Waals surface area contributed by atoms with Crippen molar-refractivity contribution in [3.05, 3.63) is 22.2 Å². The first-order valence-electron chi connectivity index (χ1n) is 5.51. The molecule has 2 rings (SSSR count). The molecule has 0 aliphatic carbocycles. The largest absolute Gasteiger partial charge is 0.486 e. The van der Waals surface area contributed by atoms with Crippen LogP contribution in [0.25, 0.3) is 0 Å². The lowest BCUT2D eigenvalue weighted by Gasteiger charge is -2.23. The Morgan fingerprint density at radius 3 is 2.69 bits per heavy atom. The van der Waals surface area contributed by atoms with E-state index in [2.05, 4.69) is 0 Å². The molecule has 1 aliphatic heterocycles. The molecule has 0 saturated heterocycles. The van der Waals surface area contributed by atoms with Crippen molar-refractivity contribution in [1.29, 1.82) is 0 Å². The van der Waals surface area contributed by atoms with Crippen LogP contribution in [0.2, 0.25) is 5.02 Å². The molecule has 4 heteroatoms. The minimum absolute atomic E-state index is 0.564. The fourth-order valence-electron chi connectivity index (χ4n) is 1.90. The van der Waals surface area contributed by atoms with Crippen LogP contribution >= 0.6 is 11.6 Å². The monoisotopic (exact) mass is 241 g/mol. The van der Waals surface area contributed by atoms with E-state index in [9.17, 15) is 0 Å². The van der Waals surface area contributed by atoms with Gasteiger partial charge in [-0.25, -0.2) is 0 Å². The number of nitrogens with two attached hydrogens (primary N) is 1. The molecule has 0 aromatic heterocycles. The van der Waals surface area contributed by atoms with E-state index >= 15 is 0 Å². The topological polar surface area (TPSA) is 44.5 Å². The van der Waals surface area contributed by atoms with Crippen LogP contribution in [0.15, 0.2) is 6.07 Å². The van der Waals surface area contributed by atoms with Crippen LogP contribution in [0.1, 0.15) is 17.5 Å². The highest BCUT2D eigenvalue weighted by atomic mass is 35.5. The molecule has 1 aliphatic rings. The van der Waals surface area contributed by atoms with E-state index in [-0.39, 0.29) is 0 Å². The Labute approximate surface area is 100 Å². The van der Waals surface area contributed by atoms with Gasteiger partial charge in [0, 0.05) is 0 Å². The molecular weight excluding hydrogens is 226 g/mol. The molecule has 88 valence electrons. The summed E-state index contributed by atoms with van der Waals surface area (Å²) in [6.07, 6.45) is 1.88. The van der Waals surface area contributed by atoms with Crippen LogP contribution < -0.4 is 15.2 Å². The molecule has 0 saturated carbocycles. The van der Waals surface area contributed by atoms with Crippen molar-refractivity contribution in [1.82, 2.24) is 0 Å². The van der Waals surface area contributed by atoms with Gasteiger partial charge in [0.1, 0.15) is 13.2 Å². The summed E-state index contributed by atoms with van der Waals surface area (Å²) < 4.78 is 11.1. The zero-order chi connectivity index (χ0) is 11.5. The minimum atomic E-state index is 0.564. The van der Waals surface area contributed by atoms with Gasteiger partial charge in [-0.1, -0.05) is 11.6 Å². The van der Waals surface area contributed by atoms with Crippen LogP contribution in [0.4, 0.5) is 0 Å². The van der Waals surface area contributed by atoms with Crippen molar-refractivity contribution in [3.63, 3.8) is 0 Å². The SMILES string of the molecule is Cc1c(CCCN)cc(Cl)c2c1OCCO2. The second-order valence-corrected chi connectivity index (χ2v) is 4.30. The van der Waals surface area contributed by atoms with E-state index in [4.69, 9.17) is 26.8 Å². The van der Waals surface area contributed by atoms with Gasteiger partial charge in [0.2, 0.25) is 0 Å². The first-order chi connectivity index (χ1) is 7.74. The number of rotatable bonds is 3. The van der Waals surface area contributed by atoms with Crippen LogP contribution in [0.3, 0.4) is 0 Å². The van der Waals surface area contributed by atoms with Crippen molar-refractivity contribution >= 4 is 11.6 Å². The minimum Gasteiger partial charge on any atom is -0.486 e. The third kappa shape index (κ3) is 2.11. The number of hydrogen-bond donors (Lipinski definition) is 1. The Kier molecular flexibility index (Phi) is 3.56. The van der Waals surface area contributed by atoms with Crippen molar-refractivity contribution in [2.45, 2.75) is 19.8 Å². The third-order valence-corrected chi connectivity index (χ3v) is 3.05. The Balaban J connectivity index is 2.37. The average Bonchev–Trinajstić information content (AvgIpc) is 2.32. The van der Waals surface area contributed by atoms with Crippen molar-refractivity contribution < 1.29 is 9.47 Å². The van der Waals surface area contributed by atoms with Crippen molar-refractivity contribution in [2.75, 3.05) is 19.8 Å². The highest BCUT2D eigenvalue weighted by Crippen LogP contribution is 2.41. The summed E-state index contributed by atoms with van der Waals surface area (Å²) in [6.45, 7) is 3.88. The molecule has 16 heavy (non-hydrogen) atoms. The molecule has 0 fully saturated rings. The number of ether oxygens (including phenoxy) is 2. The molecule has 2 N–H and O–H groups in total. The molecule has 1 aromatic carbocycles. The number of fused-ring (bicyclic) bond motifs is 1. The smallest absolute Gasteiger partial charge is 0.180 e. The van der Waals surface area contributed by atoms with Gasteiger partial charge < -0.3 is 15.2 Å². The van der Waals surface area contributed by atoms with E-state index in [1.807, 2.05) is 13.0 Å². The molecule has 3 nitrogen and oxygen atoms in total. The summed E-state index contributed by atoms with van der Waals surface area (Å²) >= 11 is 6.16. The lowest BCUT2D eigenvalue weighted by atomic mass is 10.0. The number of hydrogen-bond acceptors (Lipinski definition) is 3.